The van der Waals surface area contributed by atoms with Crippen LogP contribution in [0.15, 0.2) is 18.2 Å². The first-order chi connectivity index (χ1) is 9.32. The van der Waals surface area contributed by atoms with Crippen molar-refractivity contribution in [3.63, 3.8) is 0 Å². The molecule has 2 rings (SSSR count). The van der Waals surface area contributed by atoms with E-state index in [-0.39, 0.29) is 41.9 Å². The molecule has 0 bridgehead atoms. The van der Waals surface area contributed by atoms with Gasteiger partial charge in [-0.25, -0.2) is 9.29 Å². The van der Waals surface area contributed by atoms with Gasteiger partial charge in [-0.15, -0.1) is 0 Å². The number of hydrogen-bond acceptors (Lipinski definition) is 3. The van der Waals surface area contributed by atoms with Crippen molar-refractivity contribution in [2.75, 3.05) is 4.90 Å². The lowest BCUT2D eigenvalue weighted by molar-refractivity contribution is -0.126. The minimum atomic E-state index is -0.741. The minimum Gasteiger partial charge on any atom is -0.326 e. The fourth-order valence-electron chi connectivity index (χ4n) is 2.49. The van der Waals surface area contributed by atoms with Crippen molar-refractivity contribution in [3.05, 3.63) is 29.6 Å². The van der Waals surface area contributed by atoms with Gasteiger partial charge in [0.2, 0.25) is 11.8 Å². The summed E-state index contributed by atoms with van der Waals surface area (Å²) in [7, 11) is 0. The fraction of sp³-hybridized carbons (Fsp3) is 0.467. The van der Waals surface area contributed by atoms with Crippen LogP contribution in [0.4, 0.5) is 10.1 Å². The molecule has 20 heavy (non-hydrogen) atoms. The van der Waals surface area contributed by atoms with Crippen LogP contribution in [0.3, 0.4) is 0 Å². The van der Waals surface area contributed by atoms with Crippen molar-refractivity contribution in [2.45, 2.75) is 33.7 Å². The van der Waals surface area contributed by atoms with Gasteiger partial charge in [-0.3, -0.25) is 9.59 Å². The number of rotatable bonds is 3. The summed E-state index contributed by atoms with van der Waals surface area (Å²) in [5.41, 5.74) is 5.27. The largest absolute Gasteiger partial charge is 0.326 e. The van der Waals surface area contributed by atoms with E-state index in [4.69, 9.17) is 5.73 Å². The van der Waals surface area contributed by atoms with Crippen molar-refractivity contribution in [1.82, 2.24) is 0 Å². The maximum atomic E-state index is 13.8. The van der Waals surface area contributed by atoms with Crippen LogP contribution >= 0.6 is 0 Å². The first-order valence-electron chi connectivity index (χ1n) is 6.67. The van der Waals surface area contributed by atoms with E-state index in [9.17, 15) is 14.0 Å². The molecular formula is C15H19FN2O2. The van der Waals surface area contributed by atoms with Crippen LogP contribution in [-0.2, 0) is 16.1 Å². The number of nitrogens with zero attached hydrogens (tertiary/aromatic N) is 1. The molecule has 2 N–H and O–H groups in total. The smallest absolute Gasteiger partial charge is 0.240 e. The van der Waals surface area contributed by atoms with Crippen LogP contribution in [0.2, 0.25) is 0 Å². The lowest BCUT2D eigenvalue weighted by Crippen LogP contribution is -2.37. The summed E-state index contributed by atoms with van der Waals surface area (Å²) in [6.07, 6.45) is 0.143. The Balaban J connectivity index is 2.52. The summed E-state index contributed by atoms with van der Waals surface area (Å²) < 4.78 is 13.8. The third-order valence-corrected chi connectivity index (χ3v) is 4.27. The van der Waals surface area contributed by atoms with E-state index in [1.54, 1.807) is 13.0 Å². The average molecular weight is 278 g/mol. The summed E-state index contributed by atoms with van der Waals surface area (Å²) in [5.74, 6) is -1.05. The molecule has 0 aromatic heterocycles. The van der Waals surface area contributed by atoms with Crippen molar-refractivity contribution in [2.24, 2.45) is 17.1 Å². The van der Waals surface area contributed by atoms with Gasteiger partial charge in [-0.2, -0.15) is 0 Å². The van der Waals surface area contributed by atoms with Crippen LogP contribution < -0.4 is 10.6 Å². The van der Waals surface area contributed by atoms with Gasteiger partial charge >= 0.3 is 0 Å². The third kappa shape index (κ3) is 2.02. The van der Waals surface area contributed by atoms with Crippen molar-refractivity contribution < 1.29 is 14.0 Å². The van der Waals surface area contributed by atoms with Crippen LogP contribution in [0, 0.1) is 17.2 Å². The monoisotopic (exact) mass is 278 g/mol. The molecule has 0 radical (unpaired) electrons. The number of imide groups is 1. The summed E-state index contributed by atoms with van der Waals surface area (Å²) in [5, 5.41) is 0. The molecule has 1 heterocycles. The summed E-state index contributed by atoms with van der Waals surface area (Å²) in [6, 6.07) is 4.32. The number of amides is 2. The van der Waals surface area contributed by atoms with Crippen LogP contribution in [0.5, 0.6) is 0 Å². The Hall–Kier alpha value is -1.75. The van der Waals surface area contributed by atoms with Crippen molar-refractivity contribution in [3.8, 4) is 0 Å². The minimum absolute atomic E-state index is 0.0267. The molecule has 1 unspecified atom stereocenters. The Morgan fingerprint density at radius 1 is 1.40 bits per heavy atom. The molecule has 108 valence electrons. The lowest BCUT2D eigenvalue weighted by Gasteiger charge is -2.26. The van der Waals surface area contributed by atoms with Gasteiger partial charge in [0.05, 0.1) is 11.1 Å². The molecule has 4 nitrogen and oxygen atoms in total. The number of anilines is 1. The molecule has 1 aliphatic heterocycles. The highest BCUT2D eigenvalue weighted by Gasteiger charge is 2.51. The number of nitrogens with two attached hydrogens (primary N) is 1. The van der Waals surface area contributed by atoms with Gasteiger partial charge in [0.15, 0.2) is 0 Å². The zero-order chi connectivity index (χ0) is 15.1. The highest BCUT2D eigenvalue weighted by molar-refractivity contribution is 6.22. The molecule has 1 aliphatic rings. The van der Waals surface area contributed by atoms with E-state index in [0.29, 0.717) is 0 Å². The Morgan fingerprint density at radius 3 is 2.55 bits per heavy atom. The highest BCUT2D eigenvalue weighted by Crippen LogP contribution is 2.42. The van der Waals surface area contributed by atoms with Gasteiger partial charge in [0.1, 0.15) is 5.82 Å². The zero-order valence-electron chi connectivity index (χ0n) is 11.9. The molecule has 1 saturated heterocycles. The van der Waals surface area contributed by atoms with Gasteiger partial charge in [-0.05, 0) is 25.0 Å². The normalized spacial score (nSPS) is 23.0. The number of carbonyl (C=O) groups is 2. The van der Waals surface area contributed by atoms with Gasteiger partial charge in [0, 0.05) is 18.5 Å². The Morgan fingerprint density at radius 2 is 2.05 bits per heavy atom. The predicted molar refractivity (Wildman–Crippen MR) is 74.3 cm³/mol. The summed E-state index contributed by atoms with van der Waals surface area (Å²) >= 11 is 0. The predicted octanol–water partition coefficient (Wildman–Crippen LogP) is 2.21. The molecule has 2 amide bonds. The SMILES string of the molecule is CC(C)C1(C)CC(=O)N(c2cccc(F)c2CN)C1=O. The van der Waals surface area contributed by atoms with Crippen LogP contribution in [0.25, 0.3) is 0 Å². The molecule has 1 atom stereocenters. The quantitative estimate of drug-likeness (QED) is 0.862. The Labute approximate surface area is 117 Å². The van der Waals surface area contributed by atoms with E-state index < -0.39 is 11.2 Å². The van der Waals surface area contributed by atoms with E-state index in [0.717, 1.165) is 4.90 Å². The summed E-state index contributed by atoms with van der Waals surface area (Å²) in [4.78, 5) is 25.9. The molecule has 0 saturated carbocycles. The molecule has 1 fully saturated rings. The number of benzene rings is 1. The molecule has 1 aromatic carbocycles. The maximum Gasteiger partial charge on any atom is 0.240 e. The second-order valence-corrected chi connectivity index (χ2v) is 5.72. The molecule has 0 spiro atoms. The first kappa shape index (κ1) is 14.7. The van der Waals surface area contributed by atoms with Crippen LogP contribution in [0.1, 0.15) is 32.8 Å². The second-order valence-electron chi connectivity index (χ2n) is 5.72. The van der Waals surface area contributed by atoms with E-state index in [1.165, 1.54) is 12.1 Å². The standard InChI is InChI=1S/C15H19FN2O2/c1-9(2)15(3)7-13(19)18(14(15)20)12-6-4-5-11(16)10(12)8-17/h4-6,9H,7-8,17H2,1-3H3. The number of hydrogen-bond donors (Lipinski definition) is 1. The average Bonchev–Trinajstić information content (AvgIpc) is 2.61. The second kappa shape index (κ2) is 4.98. The molecule has 0 aliphatic carbocycles. The lowest BCUT2D eigenvalue weighted by atomic mass is 9.78. The topological polar surface area (TPSA) is 63.4 Å². The summed E-state index contributed by atoms with van der Waals surface area (Å²) in [6.45, 7) is 5.53. The Kier molecular flexibility index (Phi) is 3.65. The van der Waals surface area contributed by atoms with Crippen LogP contribution in [-0.4, -0.2) is 11.8 Å². The van der Waals surface area contributed by atoms with Crippen molar-refractivity contribution >= 4 is 17.5 Å². The van der Waals surface area contributed by atoms with Gasteiger partial charge in [0.25, 0.3) is 0 Å². The zero-order valence-corrected chi connectivity index (χ0v) is 11.9. The first-order valence-corrected chi connectivity index (χ1v) is 6.67. The molecule has 5 heteroatoms. The van der Waals surface area contributed by atoms with Crippen molar-refractivity contribution in [1.29, 1.82) is 0 Å². The molecular weight excluding hydrogens is 259 g/mol. The van der Waals surface area contributed by atoms with E-state index in [2.05, 4.69) is 0 Å². The molecule has 1 aromatic rings. The number of carbonyl (C=O) groups excluding carboxylic acids is 2. The van der Waals surface area contributed by atoms with Gasteiger partial charge in [-0.1, -0.05) is 19.9 Å². The number of halogens is 1. The highest BCUT2D eigenvalue weighted by atomic mass is 19.1. The Bertz CT molecular complexity index is 571. The maximum absolute atomic E-state index is 13.8. The van der Waals surface area contributed by atoms with Gasteiger partial charge < -0.3 is 5.73 Å². The third-order valence-electron chi connectivity index (χ3n) is 4.27. The fourth-order valence-corrected chi connectivity index (χ4v) is 2.49. The van der Waals surface area contributed by atoms with E-state index in [1.807, 2.05) is 13.8 Å². The van der Waals surface area contributed by atoms with E-state index >= 15 is 0 Å².